The van der Waals surface area contributed by atoms with Gasteiger partial charge in [-0.25, -0.2) is 9.59 Å². The van der Waals surface area contributed by atoms with E-state index in [-0.39, 0.29) is 0 Å². The number of fused-ring (bicyclic) bond motifs is 1. The number of aromatic nitrogens is 1. The van der Waals surface area contributed by atoms with E-state index >= 15 is 0 Å². The van der Waals surface area contributed by atoms with Crippen LogP contribution >= 0.6 is 15.9 Å². The summed E-state index contributed by atoms with van der Waals surface area (Å²) in [6.07, 6.45) is 4.88. The standard InChI is InChI=1S/C10H12BrN3.C4H4O4/c11-8-1-9(4-12-3-8)14-5-7-2-13-10(7)6-14;5-3(6)1-2-4(7)8/h1,3-4,7,10,13H,2,5-6H2;1-2H,(H,5,6)(H,7,8)/b;2-1+/t7-,10+;/m0./s1. The van der Waals surface area contributed by atoms with Gasteiger partial charge in [-0.2, -0.15) is 0 Å². The molecule has 2 fully saturated rings. The summed E-state index contributed by atoms with van der Waals surface area (Å²) in [5.74, 6) is -1.66. The van der Waals surface area contributed by atoms with Crippen LogP contribution in [-0.4, -0.2) is 52.8 Å². The van der Waals surface area contributed by atoms with Crippen molar-refractivity contribution < 1.29 is 19.8 Å². The van der Waals surface area contributed by atoms with Crippen molar-refractivity contribution in [2.75, 3.05) is 24.5 Å². The normalized spacial score (nSPS) is 22.5. The molecule has 0 saturated carbocycles. The second-order valence-corrected chi connectivity index (χ2v) is 5.97. The first kappa shape index (κ1) is 16.4. The maximum Gasteiger partial charge on any atom is 0.328 e. The minimum Gasteiger partial charge on any atom is -0.478 e. The van der Waals surface area contributed by atoms with E-state index < -0.39 is 11.9 Å². The van der Waals surface area contributed by atoms with E-state index in [2.05, 4.69) is 37.2 Å². The molecule has 1 aromatic heterocycles. The van der Waals surface area contributed by atoms with Gasteiger partial charge >= 0.3 is 11.9 Å². The predicted octanol–water partition coefficient (Wildman–Crippen LogP) is 0.964. The Bertz CT molecular complexity index is 565. The Morgan fingerprint density at radius 3 is 2.36 bits per heavy atom. The van der Waals surface area contributed by atoms with Crippen LogP contribution in [0.15, 0.2) is 35.1 Å². The Hall–Kier alpha value is -1.93. The monoisotopic (exact) mass is 369 g/mol. The number of carboxylic acid groups (broad SMARTS) is 2. The first-order valence-corrected chi connectivity index (χ1v) is 7.48. The number of anilines is 1. The van der Waals surface area contributed by atoms with Gasteiger partial charge in [0.05, 0.1) is 11.9 Å². The zero-order chi connectivity index (χ0) is 16.1. The number of nitrogens with zero attached hydrogens (tertiary/aromatic N) is 2. The Kier molecular flexibility index (Phi) is 5.51. The van der Waals surface area contributed by atoms with E-state index in [0.29, 0.717) is 18.2 Å². The highest BCUT2D eigenvalue weighted by molar-refractivity contribution is 9.10. The minimum absolute atomic E-state index is 0.558. The summed E-state index contributed by atoms with van der Waals surface area (Å²) < 4.78 is 1.06. The molecular weight excluding hydrogens is 354 g/mol. The highest BCUT2D eigenvalue weighted by Crippen LogP contribution is 2.28. The molecule has 0 spiro atoms. The predicted molar refractivity (Wildman–Crippen MR) is 83.8 cm³/mol. The Balaban J connectivity index is 0.000000192. The molecule has 3 heterocycles. The van der Waals surface area contributed by atoms with E-state index in [1.807, 2.05) is 12.4 Å². The number of hydrogen-bond acceptors (Lipinski definition) is 5. The molecule has 3 rings (SSSR count). The molecule has 2 aliphatic rings. The number of rotatable bonds is 3. The van der Waals surface area contributed by atoms with E-state index in [1.165, 1.54) is 18.8 Å². The third-order valence-corrected chi connectivity index (χ3v) is 3.94. The molecule has 3 N–H and O–H groups in total. The van der Waals surface area contributed by atoms with Gasteiger partial charge in [0.1, 0.15) is 0 Å². The molecule has 0 radical (unpaired) electrons. The second kappa shape index (κ2) is 7.37. The van der Waals surface area contributed by atoms with Gasteiger partial charge in [-0.1, -0.05) is 0 Å². The zero-order valence-electron chi connectivity index (χ0n) is 11.6. The molecule has 22 heavy (non-hydrogen) atoms. The van der Waals surface area contributed by atoms with E-state index in [4.69, 9.17) is 10.2 Å². The van der Waals surface area contributed by atoms with Crippen LogP contribution in [0, 0.1) is 5.92 Å². The number of carboxylic acids is 2. The van der Waals surface area contributed by atoms with Gasteiger partial charge in [0.2, 0.25) is 0 Å². The lowest BCUT2D eigenvalue weighted by Crippen LogP contribution is -2.51. The zero-order valence-corrected chi connectivity index (χ0v) is 13.2. The van der Waals surface area contributed by atoms with E-state index in [0.717, 1.165) is 16.9 Å². The third kappa shape index (κ3) is 4.54. The van der Waals surface area contributed by atoms with Gasteiger partial charge in [-0.05, 0) is 22.0 Å². The summed E-state index contributed by atoms with van der Waals surface area (Å²) in [5, 5.41) is 19.1. The molecule has 1 aromatic rings. The summed E-state index contributed by atoms with van der Waals surface area (Å²) in [6, 6.07) is 2.85. The first-order valence-electron chi connectivity index (χ1n) is 6.68. The number of pyridine rings is 1. The minimum atomic E-state index is -1.26. The lowest BCUT2D eigenvalue weighted by atomic mass is 9.96. The molecule has 0 amide bonds. The van der Waals surface area contributed by atoms with Gasteiger partial charge in [0.25, 0.3) is 0 Å². The first-order chi connectivity index (χ1) is 10.5. The van der Waals surface area contributed by atoms with Crippen molar-refractivity contribution in [3.63, 3.8) is 0 Å². The van der Waals surface area contributed by atoms with Crippen LogP contribution in [0.5, 0.6) is 0 Å². The fraction of sp³-hybridized carbons (Fsp3) is 0.357. The highest BCUT2D eigenvalue weighted by atomic mass is 79.9. The van der Waals surface area contributed by atoms with Crippen molar-refractivity contribution in [1.29, 1.82) is 0 Å². The smallest absolute Gasteiger partial charge is 0.328 e. The van der Waals surface area contributed by atoms with Crippen molar-refractivity contribution in [3.05, 3.63) is 35.1 Å². The molecular formula is C14H16BrN3O4. The van der Waals surface area contributed by atoms with Crippen LogP contribution in [0.1, 0.15) is 0 Å². The molecule has 8 heteroatoms. The summed E-state index contributed by atoms with van der Waals surface area (Å²) in [6.45, 7) is 3.49. The average molecular weight is 370 g/mol. The van der Waals surface area contributed by atoms with Crippen molar-refractivity contribution in [3.8, 4) is 0 Å². The van der Waals surface area contributed by atoms with Crippen LogP contribution in [-0.2, 0) is 9.59 Å². The van der Waals surface area contributed by atoms with Crippen LogP contribution in [0.2, 0.25) is 0 Å². The summed E-state index contributed by atoms with van der Waals surface area (Å²) in [5.41, 5.74) is 1.23. The van der Waals surface area contributed by atoms with Crippen molar-refractivity contribution in [1.82, 2.24) is 10.3 Å². The number of hydrogen-bond donors (Lipinski definition) is 3. The van der Waals surface area contributed by atoms with Gasteiger partial charge in [0, 0.05) is 54.4 Å². The summed E-state index contributed by atoms with van der Waals surface area (Å²) in [4.78, 5) is 25.7. The van der Waals surface area contributed by atoms with Gasteiger partial charge in [-0.15, -0.1) is 0 Å². The van der Waals surface area contributed by atoms with Crippen LogP contribution in [0.3, 0.4) is 0 Å². The van der Waals surface area contributed by atoms with Crippen LogP contribution < -0.4 is 10.2 Å². The molecule has 0 aliphatic carbocycles. The van der Waals surface area contributed by atoms with Gasteiger partial charge < -0.3 is 20.4 Å². The van der Waals surface area contributed by atoms with Gasteiger partial charge in [0.15, 0.2) is 0 Å². The molecule has 118 valence electrons. The lowest BCUT2D eigenvalue weighted by molar-refractivity contribution is -0.134. The van der Waals surface area contributed by atoms with Crippen molar-refractivity contribution in [2.45, 2.75) is 6.04 Å². The lowest BCUT2D eigenvalue weighted by Gasteiger charge is -2.29. The molecule has 2 atom stereocenters. The average Bonchev–Trinajstić information content (AvgIpc) is 2.73. The Labute approximate surface area is 135 Å². The summed E-state index contributed by atoms with van der Waals surface area (Å²) in [7, 11) is 0. The van der Waals surface area contributed by atoms with Crippen molar-refractivity contribution >= 4 is 33.6 Å². The fourth-order valence-electron chi connectivity index (χ4n) is 2.38. The molecule has 0 bridgehead atoms. The quantitative estimate of drug-likeness (QED) is 0.681. The van der Waals surface area contributed by atoms with E-state index in [1.54, 1.807) is 0 Å². The maximum absolute atomic E-state index is 9.55. The third-order valence-electron chi connectivity index (χ3n) is 3.51. The number of halogens is 1. The second-order valence-electron chi connectivity index (χ2n) is 5.05. The molecule has 0 unspecified atom stereocenters. The Morgan fingerprint density at radius 2 is 1.95 bits per heavy atom. The molecule has 7 nitrogen and oxygen atoms in total. The number of nitrogens with one attached hydrogen (secondary N) is 1. The number of aliphatic carboxylic acids is 2. The fourth-order valence-corrected chi connectivity index (χ4v) is 2.73. The summed E-state index contributed by atoms with van der Waals surface area (Å²) >= 11 is 3.45. The molecule has 0 aromatic carbocycles. The largest absolute Gasteiger partial charge is 0.478 e. The SMILES string of the molecule is Brc1cncc(N2C[C@@H]3CN[C@@H]3C2)c1.O=C(O)/C=C/C(=O)O. The van der Waals surface area contributed by atoms with Crippen LogP contribution in [0.4, 0.5) is 5.69 Å². The van der Waals surface area contributed by atoms with Crippen molar-refractivity contribution in [2.24, 2.45) is 5.92 Å². The number of carbonyl (C=O) groups is 2. The van der Waals surface area contributed by atoms with E-state index in [9.17, 15) is 9.59 Å². The van der Waals surface area contributed by atoms with Gasteiger partial charge in [-0.3, -0.25) is 4.98 Å². The topological polar surface area (TPSA) is 103 Å². The molecule has 2 aliphatic heterocycles. The maximum atomic E-state index is 9.55. The molecule has 2 saturated heterocycles. The Morgan fingerprint density at radius 1 is 1.27 bits per heavy atom. The highest BCUT2D eigenvalue weighted by Gasteiger charge is 2.38. The van der Waals surface area contributed by atoms with Crippen LogP contribution in [0.25, 0.3) is 0 Å².